The number of hydrogen-bond donors (Lipinski definition) is 0. The molecule has 0 bridgehead atoms. The Kier molecular flexibility index (Phi) is 9.76. The number of halogens is 5. The molecule has 0 saturated heterocycles. The van der Waals surface area contributed by atoms with Gasteiger partial charge in [0.15, 0.2) is 0 Å². The number of hydrogen-bond acceptors (Lipinski definition) is 4. The molecular weight excluding hydrogens is 651 g/mol. The van der Waals surface area contributed by atoms with Gasteiger partial charge in [0.1, 0.15) is 34.6 Å². The summed E-state index contributed by atoms with van der Waals surface area (Å²) in [5.41, 5.74) is 7.46. The molecule has 0 N–H and O–H groups in total. The Balaban J connectivity index is 1.07. The Morgan fingerprint density at radius 1 is 0.460 bits per heavy atom. The molecule has 0 saturated carbocycles. The van der Waals surface area contributed by atoms with Gasteiger partial charge in [0, 0.05) is 23.3 Å². The van der Waals surface area contributed by atoms with E-state index >= 15 is 8.78 Å². The van der Waals surface area contributed by atoms with E-state index in [1.165, 1.54) is 36.4 Å². The van der Waals surface area contributed by atoms with Crippen LogP contribution in [0.5, 0.6) is 23.0 Å². The summed E-state index contributed by atoms with van der Waals surface area (Å²) < 4.78 is 88.2. The average molecular weight is 683 g/mol. The van der Waals surface area contributed by atoms with Gasteiger partial charge in [-0.1, -0.05) is 60.7 Å². The third kappa shape index (κ3) is 7.89. The van der Waals surface area contributed by atoms with Crippen LogP contribution in [0.4, 0.5) is 22.0 Å². The maximum atomic E-state index is 15.2. The molecule has 6 aromatic carbocycles. The minimum absolute atomic E-state index is 0.227. The highest BCUT2D eigenvalue weighted by molar-refractivity contribution is 5.75. The van der Waals surface area contributed by atoms with Crippen LogP contribution in [0.3, 0.4) is 0 Å². The van der Waals surface area contributed by atoms with Crippen molar-refractivity contribution in [3.8, 4) is 67.5 Å². The van der Waals surface area contributed by atoms with Gasteiger partial charge >= 0.3 is 6.36 Å². The maximum absolute atomic E-state index is 15.2. The molecule has 0 unspecified atom stereocenters. The van der Waals surface area contributed by atoms with Crippen molar-refractivity contribution in [2.45, 2.75) is 20.2 Å². The lowest BCUT2D eigenvalue weighted by molar-refractivity contribution is -0.274. The summed E-state index contributed by atoms with van der Waals surface area (Å²) >= 11 is 0. The average Bonchev–Trinajstić information content (AvgIpc) is 3.08. The summed E-state index contributed by atoms with van der Waals surface area (Å²) in [6.07, 6.45) is -4.77. The molecule has 0 aliphatic heterocycles. The van der Waals surface area contributed by atoms with Gasteiger partial charge in [0.05, 0.1) is 7.11 Å². The van der Waals surface area contributed by atoms with Crippen LogP contribution >= 0.6 is 0 Å². The van der Waals surface area contributed by atoms with Crippen LogP contribution in [-0.4, -0.2) is 20.3 Å². The van der Waals surface area contributed by atoms with Crippen molar-refractivity contribution in [2.24, 2.45) is 0 Å². The molecule has 6 aromatic rings. The molecule has 0 heterocycles. The SMILES string of the molecule is COc1ccc(-c2ccc(-c3ccc(OCOc4ccc(-c5ccc(-c6ccc(OC(F)(F)F)cc6)c(C)c5)c(F)c4)cc3F)cc2C)cc1. The first-order valence-electron chi connectivity index (χ1n) is 15.5. The zero-order valence-corrected chi connectivity index (χ0v) is 27.3. The Morgan fingerprint density at radius 2 is 0.840 bits per heavy atom. The highest BCUT2D eigenvalue weighted by atomic mass is 19.4. The third-order valence-electron chi connectivity index (χ3n) is 8.21. The lowest BCUT2D eigenvalue weighted by Crippen LogP contribution is -2.16. The molecular formula is C41H31F5O4. The van der Waals surface area contributed by atoms with E-state index in [2.05, 4.69) is 4.74 Å². The smallest absolute Gasteiger partial charge is 0.497 e. The number of alkyl halides is 3. The fourth-order valence-corrected chi connectivity index (χ4v) is 5.72. The molecule has 254 valence electrons. The molecule has 0 fully saturated rings. The Morgan fingerprint density at radius 3 is 1.22 bits per heavy atom. The normalized spacial score (nSPS) is 11.3. The minimum atomic E-state index is -4.77. The monoisotopic (exact) mass is 682 g/mol. The summed E-state index contributed by atoms with van der Waals surface area (Å²) in [5.74, 6) is -0.0303. The lowest BCUT2D eigenvalue weighted by Gasteiger charge is -2.13. The molecule has 6 rings (SSSR count). The van der Waals surface area contributed by atoms with E-state index in [4.69, 9.17) is 14.2 Å². The van der Waals surface area contributed by atoms with Crippen LogP contribution in [-0.2, 0) is 0 Å². The van der Waals surface area contributed by atoms with Crippen LogP contribution in [0.1, 0.15) is 11.1 Å². The highest BCUT2D eigenvalue weighted by Gasteiger charge is 2.31. The predicted octanol–water partition coefficient (Wildman–Crippen LogP) is 11.6. The molecule has 50 heavy (non-hydrogen) atoms. The third-order valence-corrected chi connectivity index (χ3v) is 8.21. The van der Waals surface area contributed by atoms with Gasteiger partial charge in [0.25, 0.3) is 0 Å². The number of aryl methyl sites for hydroxylation is 2. The van der Waals surface area contributed by atoms with Crippen molar-refractivity contribution in [3.05, 3.63) is 144 Å². The molecule has 0 aromatic heterocycles. The minimum Gasteiger partial charge on any atom is -0.497 e. The van der Waals surface area contributed by atoms with Crippen molar-refractivity contribution < 1.29 is 40.9 Å². The summed E-state index contributed by atoms with van der Waals surface area (Å²) in [7, 11) is 1.62. The topological polar surface area (TPSA) is 36.9 Å². The van der Waals surface area contributed by atoms with E-state index < -0.39 is 18.0 Å². The fraction of sp³-hybridized carbons (Fsp3) is 0.122. The van der Waals surface area contributed by atoms with Crippen molar-refractivity contribution in [3.63, 3.8) is 0 Å². The molecule has 0 aliphatic rings. The summed E-state index contributed by atoms with van der Waals surface area (Å²) in [6, 6.07) is 33.4. The van der Waals surface area contributed by atoms with Crippen LogP contribution in [0.2, 0.25) is 0 Å². The van der Waals surface area contributed by atoms with Crippen LogP contribution in [0.25, 0.3) is 44.5 Å². The van der Waals surface area contributed by atoms with Gasteiger partial charge < -0.3 is 18.9 Å². The van der Waals surface area contributed by atoms with Gasteiger partial charge in [0.2, 0.25) is 6.79 Å². The van der Waals surface area contributed by atoms with Crippen LogP contribution < -0.4 is 18.9 Å². The number of methoxy groups -OCH3 is 1. The number of benzene rings is 6. The van der Waals surface area contributed by atoms with E-state index in [1.807, 2.05) is 56.3 Å². The molecule has 0 amide bonds. The lowest BCUT2D eigenvalue weighted by atomic mass is 9.95. The second-order valence-electron chi connectivity index (χ2n) is 11.5. The van der Waals surface area contributed by atoms with Gasteiger partial charge in [-0.05, 0) is 107 Å². The Hall–Kier alpha value is -5.83. The molecule has 0 atom stereocenters. The van der Waals surface area contributed by atoms with Crippen molar-refractivity contribution in [1.82, 2.24) is 0 Å². The Bertz CT molecular complexity index is 2120. The summed E-state index contributed by atoms with van der Waals surface area (Å²) in [6.45, 7) is 3.55. The first-order chi connectivity index (χ1) is 24.0. The van der Waals surface area contributed by atoms with E-state index in [-0.39, 0.29) is 24.0 Å². The van der Waals surface area contributed by atoms with Crippen LogP contribution in [0.15, 0.2) is 121 Å². The van der Waals surface area contributed by atoms with Gasteiger partial charge in [-0.2, -0.15) is 0 Å². The molecule has 9 heteroatoms. The molecule has 4 nitrogen and oxygen atoms in total. The molecule has 0 aliphatic carbocycles. The predicted molar refractivity (Wildman–Crippen MR) is 183 cm³/mol. The van der Waals surface area contributed by atoms with Crippen molar-refractivity contribution in [2.75, 3.05) is 13.9 Å². The van der Waals surface area contributed by atoms with E-state index in [0.29, 0.717) is 22.3 Å². The molecule has 0 spiro atoms. The highest BCUT2D eigenvalue weighted by Crippen LogP contribution is 2.34. The summed E-state index contributed by atoms with van der Waals surface area (Å²) in [5, 5.41) is 0. The van der Waals surface area contributed by atoms with Gasteiger partial charge in [-0.3, -0.25) is 0 Å². The quantitative estimate of drug-likeness (QED) is 0.106. The van der Waals surface area contributed by atoms with E-state index in [0.717, 1.165) is 39.1 Å². The Labute approximate surface area is 286 Å². The second-order valence-corrected chi connectivity index (χ2v) is 11.5. The van der Waals surface area contributed by atoms with E-state index in [1.54, 1.807) is 49.6 Å². The first-order valence-corrected chi connectivity index (χ1v) is 15.5. The first kappa shape index (κ1) is 34.0. The maximum Gasteiger partial charge on any atom is 0.573 e. The zero-order valence-electron chi connectivity index (χ0n) is 27.3. The van der Waals surface area contributed by atoms with Gasteiger partial charge in [-0.15, -0.1) is 13.2 Å². The number of ether oxygens (including phenoxy) is 4. The largest absolute Gasteiger partial charge is 0.573 e. The van der Waals surface area contributed by atoms with E-state index in [9.17, 15) is 13.2 Å². The summed E-state index contributed by atoms with van der Waals surface area (Å²) in [4.78, 5) is 0. The number of rotatable bonds is 10. The van der Waals surface area contributed by atoms with Crippen LogP contribution in [0, 0.1) is 25.5 Å². The second kappa shape index (κ2) is 14.3. The van der Waals surface area contributed by atoms with Crippen molar-refractivity contribution in [1.29, 1.82) is 0 Å². The van der Waals surface area contributed by atoms with Gasteiger partial charge in [-0.25, -0.2) is 8.78 Å². The fourth-order valence-electron chi connectivity index (χ4n) is 5.72. The zero-order chi connectivity index (χ0) is 35.4. The standard InChI is InChI=1S/C41H31F5O4/c1-25-20-29(8-16-35(25)27-4-10-31(47-3)11-5-27)37-18-14-33(22-39(37)42)48-24-49-34-15-19-38(40(43)23-34)30-9-17-36(26(2)21-30)28-6-12-32(13-7-28)50-41(44,45)46/h4-23H,24H2,1-3H3. The molecule has 0 radical (unpaired) electrons. The van der Waals surface area contributed by atoms with Crippen molar-refractivity contribution >= 4 is 0 Å².